The van der Waals surface area contributed by atoms with Crippen molar-refractivity contribution in [3.8, 4) is 27.9 Å². The van der Waals surface area contributed by atoms with E-state index in [1.165, 1.54) is 21.9 Å². The Morgan fingerprint density at radius 1 is 0.464 bits per heavy atom. The van der Waals surface area contributed by atoms with Crippen LogP contribution in [0.1, 0.15) is 29.0 Å². The third-order valence-electron chi connectivity index (χ3n) is 11.1. The molecule has 56 heavy (non-hydrogen) atoms. The number of hydrogen-bond donors (Lipinski definition) is 2. The van der Waals surface area contributed by atoms with Crippen molar-refractivity contribution in [1.29, 1.82) is 0 Å². The van der Waals surface area contributed by atoms with Crippen LogP contribution in [0.4, 0.5) is 0 Å². The Hall–Kier alpha value is -7.21. The number of rotatable bonds is 6. The molecule has 0 aliphatic carbocycles. The minimum absolute atomic E-state index is 0.0978. The predicted octanol–water partition coefficient (Wildman–Crippen LogP) is 12.4. The van der Waals surface area contributed by atoms with Crippen molar-refractivity contribution in [3.63, 3.8) is 0 Å². The zero-order valence-electron chi connectivity index (χ0n) is 30.4. The molecule has 11 rings (SSSR count). The van der Waals surface area contributed by atoms with Crippen LogP contribution in [0.15, 0.2) is 204 Å². The van der Waals surface area contributed by atoms with Gasteiger partial charge in [0.15, 0.2) is 0 Å². The molecule has 0 fully saturated rings. The van der Waals surface area contributed by atoms with Crippen LogP contribution in [0.5, 0.6) is 0 Å². The summed E-state index contributed by atoms with van der Waals surface area (Å²) in [5, 5.41) is 12.1. The maximum absolute atomic E-state index is 6.50. The van der Waals surface area contributed by atoms with Gasteiger partial charge in [0, 0.05) is 38.4 Å². The standard InChI is InChI=1S/C51H36N4O/c1-4-13-33(14-5-1)37-26-30-45-44(31-37)41-29-25-38(40-20-12-21-43-42-19-10-11-22-47(42)56-48(40)43)32-46(41)55(45)39-27-23-36(24-28-39)51-53-49(34-15-6-2-7-16-34)52-50(54-51)35-17-8-3-9-18-35/h1-32,49,51,53H,(H,52,54). The molecule has 1 aliphatic rings. The third kappa shape index (κ3) is 5.48. The van der Waals surface area contributed by atoms with E-state index in [1.807, 2.05) is 24.3 Å². The average molecular weight is 721 g/mol. The van der Waals surface area contributed by atoms with E-state index in [4.69, 9.17) is 9.41 Å². The lowest BCUT2D eigenvalue weighted by Gasteiger charge is -2.32. The molecule has 5 nitrogen and oxygen atoms in total. The van der Waals surface area contributed by atoms with E-state index in [1.54, 1.807) is 0 Å². The van der Waals surface area contributed by atoms with Gasteiger partial charge in [0.1, 0.15) is 29.3 Å². The first-order valence-electron chi connectivity index (χ1n) is 19.1. The molecular formula is C51H36N4O. The highest BCUT2D eigenvalue weighted by Gasteiger charge is 2.26. The zero-order chi connectivity index (χ0) is 37.0. The van der Waals surface area contributed by atoms with E-state index >= 15 is 0 Å². The first-order chi connectivity index (χ1) is 27.7. The minimum Gasteiger partial charge on any atom is -0.455 e. The smallest absolute Gasteiger partial charge is 0.143 e. The van der Waals surface area contributed by atoms with Crippen LogP contribution < -0.4 is 10.6 Å². The van der Waals surface area contributed by atoms with Crippen molar-refractivity contribution in [1.82, 2.24) is 15.2 Å². The second-order valence-electron chi connectivity index (χ2n) is 14.4. The first kappa shape index (κ1) is 32.2. The fourth-order valence-corrected chi connectivity index (χ4v) is 8.35. The normalized spacial score (nSPS) is 15.7. The van der Waals surface area contributed by atoms with Gasteiger partial charge in [-0.15, -0.1) is 0 Å². The summed E-state index contributed by atoms with van der Waals surface area (Å²) < 4.78 is 8.90. The first-order valence-corrected chi connectivity index (χ1v) is 19.1. The van der Waals surface area contributed by atoms with Crippen molar-refractivity contribution in [3.05, 3.63) is 211 Å². The molecule has 3 heterocycles. The van der Waals surface area contributed by atoms with E-state index in [-0.39, 0.29) is 12.3 Å². The van der Waals surface area contributed by atoms with Crippen LogP contribution in [-0.4, -0.2) is 10.4 Å². The predicted molar refractivity (Wildman–Crippen MR) is 230 cm³/mol. The Bertz CT molecular complexity index is 3070. The SMILES string of the molecule is c1ccc(C2=NC(c3ccc(-n4c5ccc(-c6ccccc6)cc5c5ccc(-c6cccc7c6oc6ccccc67)cc54)cc3)NC(c3ccccc3)N2)cc1. The Labute approximate surface area is 324 Å². The molecule has 0 spiro atoms. The summed E-state index contributed by atoms with van der Waals surface area (Å²) in [7, 11) is 0. The van der Waals surface area contributed by atoms with E-state index in [0.29, 0.717) is 0 Å². The molecule has 2 N–H and O–H groups in total. The molecule has 0 radical (unpaired) electrons. The van der Waals surface area contributed by atoms with Gasteiger partial charge in [0.05, 0.1) is 11.0 Å². The van der Waals surface area contributed by atoms with Crippen LogP contribution in [0.2, 0.25) is 0 Å². The third-order valence-corrected chi connectivity index (χ3v) is 11.1. The van der Waals surface area contributed by atoms with Crippen LogP contribution >= 0.6 is 0 Å². The Balaban J connectivity index is 1.05. The highest BCUT2D eigenvalue weighted by atomic mass is 16.3. The fourth-order valence-electron chi connectivity index (χ4n) is 8.35. The average Bonchev–Trinajstić information content (AvgIpc) is 3.82. The van der Waals surface area contributed by atoms with E-state index in [0.717, 1.165) is 72.3 Å². The summed E-state index contributed by atoms with van der Waals surface area (Å²) in [4.78, 5) is 5.19. The van der Waals surface area contributed by atoms with Crippen molar-refractivity contribution >= 4 is 49.6 Å². The number of benzene rings is 8. The number of aliphatic imine (C=N–C) groups is 1. The van der Waals surface area contributed by atoms with Gasteiger partial charge in [-0.3, -0.25) is 5.32 Å². The topological polar surface area (TPSA) is 54.5 Å². The van der Waals surface area contributed by atoms with Gasteiger partial charge in [-0.05, 0) is 64.2 Å². The molecule has 1 aliphatic heterocycles. The minimum atomic E-state index is -0.242. The van der Waals surface area contributed by atoms with Crippen LogP contribution in [0.25, 0.3) is 71.7 Å². The highest BCUT2D eigenvalue weighted by Crippen LogP contribution is 2.40. The number of furan rings is 1. The molecule has 0 saturated carbocycles. The lowest BCUT2D eigenvalue weighted by molar-refractivity contribution is 0.409. The van der Waals surface area contributed by atoms with Crippen LogP contribution in [0, 0.1) is 0 Å². The number of para-hydroxylation sites is 2. The van der Waals surface area contributed by atoms with Crippen molar-refractivity contribution in [2.75, 3.05) is 0 Å². The Morgan fingerprint density at radius 3 is 1.96 bits per heavy atom. The van der Waals surface area contributed by atoms with Crippen molar-refractivity contribution in [2.24, 2.45) is 4.99 Å². The van der Waals surface area contributed by atoms with Crippen LogP contribution in [0.3, 0.4) is 0 Å². The number of hydrogen-bond acceptors (Lipinski definition) is 4. The van der Waals surface area contributed by atoms with E-state index < -0.39 is 0 Å². The quantitative estimate of drug-likeness (QED) is 0.180. The summed E-state index contributed by atoms with van der Waals surface area (Å²) >= 11 is 0. The Morgan fingerprint density at radius 2 is 1.16 bits per heavy atom. The second-order valence-corrected chi connectivity index (χ2v) is 14.4. The molecule has 266 valence electrons. The maximum atomic E-state index is 6.50. The maximum Gasteiger partial charge on any atom is 0.143 e. The lowest BCUT2D eigenvalue weighted by atomic mass is 10.00. The highest BCUT2D eigenvalue weighted by molar-refractivity contribution is 6.13. The summed E-state index contributed by atoms with van der Waals surface area (Å²) in [5.41, 5.74) is 13.1. The van der Waals surface area contributed by atoms with E-state index in [9.17, 15) is 0 Å². The molecule has 2 unspecified atom stereocenters. The molecule has 2 atom stereocenters. The molecule has 0 saturated heterocycles. The van der Waals surface area contributed by atoms with Gasteiger partial charge in [-0.1, -0.05) is 158 Å². The molecule has 0 amide bonds. The summed E-state index contributed by atoms with van der Waals surface area (Å²) in [6.45, 7) is 0. The molecule has 5 heteroatoms. The second kappa shape index (κ2) is 13.3. The van der Waals surface area contributed by atoms with Crippen molar-refractivity contribution in [2.45, 2.75) is 12.3 Å². The number of nitrogens with zero attached hydrogens (tertiary/aromatic N) is 2. The number of amidine groups is 1. The van der Waals surface area contributed by atoms with Gasteiger partial charge in [0.2, 0.25) is 0 Å². The lowest BCUT2D eigenvalue weighted by Crippen LogP contribution is -2.44. The number of fused-ring (bicyclic) bond motifs is 6. The van der Waals surface area contributed by atoms with Gasteiger partial charge in [-0.25, -0.2) is 4.99 Å². The van der Waals surface area contributed by atoms with E-state index in [2.05, 4.69) is 185 Å². The van der Waals surface area contributed by atoms with Crippen LogP contribution in [-0.2, 0) is 0 Å². The number of nitrogens with one attached hydrogen (secondary N) is 2. The van der Waals surface area contributed by atoms with Crippen molar-refractivity contribution < 1.29 is 4.42 Å². The van der Waals surface area contributed by atoms with Gasteiger partial charge < -0.3 is 14.3 Å². The van der Waals surface area contributed by atoms with Gasteiger partial charge in [0.25, 0.3) is 0 Å². The molecule has 0 bridgehead atoms. The van der Waals surface area contributed by atoms with Gasteiger partial charge in [-0.2, -0.15) is 0 Å². The summed E-state index contributed by atoms with van der Waals surface area (Å²) in [6.07, 6.45) is -0.340. The monoisotopic (exact) mass is 720 g/mol. The summed E-state index contributed by atoms with van der Waals surface area (Å²) in [6, 6.07) is 68.7. The Kier molecular flexibility index (Phi) is 7.64. The summed E-state index contributed by atoms with van der Waals surface area (Å²) in [5.74, 6) is 0.871. The molecule has 10 aromatic rings. The zero-order valence-corrected chi connectivity index (χ0v) is 30.4. The molecule has 8 aromatic carbocycles. The molecule has 2 aromatic heterocycles. The van der Waals surface area contributed by atoms with Gasteiger partial charge >= 0.3 is 0 Å². The number of aromatic nitrogens is 1. The molecular weight excluding hydrogens is 685 g/mol. The largest absolute Gasteiger partial charge is 0.455 e. The fraction of sp³-hybridized carbons (Fsp3) is 0.0392.